The molecule has 0 atom stereocenters. The summed E-state index contributed by atoms with van der Waals surface area (Å²) >= 11 is 1.85. The SMILES string of the molecule is CN=C(NCCSc1ccccc1)N1CCC(CC(=O)NC)CC1. The molecular formula is C18H28N4OS. The molecule has 1 fully saturated rings. The number of carbonyl (C=O) groups is 1. The molecule has 1 aliphatic heterocycles. The van der Waals surface area contributed by atoms with Crippen molar-refractivity contribution in [2.45, 2.75) is 24.2 Å². The van der Waals surface area contributed by atoms with E-state index in [0.717, 1.165) is 44.2 Å². The van der Waals surface area contributed by atoms with Crippen LogP contribution in [-0.2, 0) is 4.79 Å². The van der Waals surface area contributed by atoms with Gasteiger partial charge in [-0.15, -0.1) is 11.8 Å². The highest BCUT2D eigenvalue weighted by molar-refractivity contribution is 7.99. The molecule has 24 heavy (non-hydrogen) atoms. The highest BCUT2D eigenvalue weighted by atomic mass is 32.2. The monoisotopic (exact) mass is 348 g/mol. The number of benzene rings is 1. The van der Waals surface area contributed by atoms with Gasteiger partial charge in [0.2, 0.25) is 5.91 Å². The lowest BCUT2D eigenvalue weighted by Crippen LogP contribution is -2.46. The highest BCUT2D eigenvalue weighted by Gasteiger charge is 2.22. The Morgan fingerprint density at radius 3 is 2.62 bits per heavy atom. The third kappa shape index (κ3) is 6.07. The molecule has 2 rings (SSSR count). The Morgan fingerprint density at radius 2 is 2.00 bits per heavy atom. The summed E-state index contributed by atoms with van der Waals surface area (Å²) in [5.74, 6) is 2.62. The van der Waals surface area contributed by atoms with E-state index in [9.17, 15) is 4.79 Å². The van der Waals surface area contributed by atoms with E-state index in [1.807, 2.05) is 24.9 Å². The topological polar surface area (TPSA) is 56.7 Å². The van der Waals surface area contributed by atoms with Gasteiger partial charge in [0.1, 0.15) is 0 Å². The minimum absolute atomic E-state index is 0.147. The van der Waals surface area contributed by atoms with Crippen LogP contribution in [0.15, 0.2) is 40.2 Å². The Morgan fingerprint density at radius 1 is 1.29 bits per heavy atom. The molecule has 0 saturated carbocycles. The summed E-state index contributed by atoms with van der Waals surface area (Å²) in [5, 5.41) is 6.17. The zero-order valence-corrected chi connectivity index (χ0v) is 15.4. The smallest absolute Gasteiger partial charge is 0.220 e. The average molecular weight is 349 g/mol. The largest absolute Gasteiger partial charge is 0.359 e. The zero-order chi connectivity index (χ0) is 17.2. The predicted octanol–water partition coefficient (Wildman–Crippen LogP) is 2.20. The molecule has 6 heteroatoms. The number of nitrogens with zero attached hydrogens (tertiary/aromatic N) is 2. The second kappa shape index (κ2) is 10.2. The zero-order valence-electron chi connectivity index (χ0n) is 14.6. The van der Waals surface area contributed by atoms with Gasteiger partial charge in [-0.3, -0.25) is 9.79 Å². The van der Waals surface area contributed by atoms with Crippen molar-refractivity contribution in [2.75, 3.05) is 39.5 Å². The number of hydrogen-bond acceptors (Lipinski definition) is 3. The molecular weight excluding hydrogens is 320 g/mol. The van der Waals surface area contributed by atoms with Crippen molar-refractivity contribution in [2.24, 2.45) is 10.9 Å². The summed E-state index contributed by atoms with van der Waals surface area (Å²) in [5.41, 5.74) is 0. The van der Waals surface area contributed by atoms with Crippen LogP contribution in [0.25, 0.3) is 0 Å². The van der Waals surface area contributed by atoms with E-state index < -0.39 is 0 Å². The molecule has 0 aliphatic carbocycles. The first-order valence-corrected chi connectivity index (χ1v) is 9.55. The highest BCUT2D eigenvalue weighted by Crippen LogP contribution is 2.20. The second-order valence-electron chi connectivity index (χ2n) is 5.94. The molecule has 1 amide bonds. The number of nitrogens with one attached hydrogen (secondary N) is 2. The van der Waals surface area contributed by atoms with Gasteiger partial charge in [0.05, 0.1) is 0 Å². The molecule has 0 aromatic heterocycles. The van der Waals surface area contributed by atoms with Crippen molar-refractivity contribution < 1.29 is 4.79 Å². The number of hydrogen-bond donors (Lipinski definition) is 2. The van der Waals surface area contributed by atoms with Crippen LogP contribution in [-0.4, -0.2) is 56.2 Å². The minimum atomic E-state index is 0.147. The van der Waals surface area contributed by atoms with Crippen molar-refractivity contribution >= 4 is 23.6 Å². The van der Waals surface area contributed by atoms with Gasteiger partial charge in [0.25, 0.3) is 0 Å². The van der Waals surface area contributed by atoms with Gasteiger partial charge < -0.3 is 15.5 Å². The van der Waals surface area contributed by atoms with Gasteiger partial charge in [-0.2, -0.15) is 0 Å². The number of aliphatic imine (C=N–C) groups is 1. The van der Waals surface area contributed by atoms with Crippen molar-refractivity contribution in [1.82, 2.24) is 15.5 Å². The Balaban J connectivity index is 1.68. The lowest BCUT2D eigenvalue weighted by molar-refractivity contribution is -0.121. The van der Waals surface area contributed by atoms with E-state index in [2.05, 4.69) is 44.8 Å². The molecule has 1 saturated heterocycles. The van der Waals surface area contributed by atoms with Crippen LogP contribution in [0.2, 0.25) is 0 Å². The molecule has 1 aromatic carbocycles. The van der Waals surface area contributed by atoms with Gasteiger partial charge in [0.15, 0.2) is 5.96 Å². The fourth-order valence-electron chi connectivity index (χ4n) is 2.89. The van der Waals surface area contributed by atoms with Crippen LogP contribution in [0.4, 0.5) is 0 Å². The molecule has 5 nitrogen and oxygen atoms in total. The predicted molar refractivity (Wildman–Crippen MR) is 102 cm³/mol. The fourth-order valence-corrected chi connectivity index (χ4v) is 3.68. The summed E-state index contributed by atoms with van der Waals surface area (Å²) in [6, 6.07) is 10.4. The second-order valence-corrected chi connectivity index (χ2v) is 7.11. The van der Waals surface area contributed by atoms with Gasteiger partial charge in [-0.25, -0.2) is 0 Å². The molecule has 2 N–H and O–H groups in total. The number of piperidine rings is 1. The maximum Gasteiger partial charge on any atom is 0.220 e. The Bertz CT molecular complexity index is 527. The first-order valence-electron chi connectivity index (χ1n) is 8.57. The van der Waals surface area contributed by atoms with Gasteiger partial charge in [0, 0.05) is 50.8 Å². The first kappa shape index (κ1) is 18.6. The summed E-state index contributed by atoms with van der Waals surface area (Å²) in [6.45, 7) is 2.82. The third-order valence-electron chi connectivity index (χ3n) is 4.28. The lowest BCUT2D eigenvalue weighted by atomic mass is 9.93. The molecule has 1 aliphatic rings. The number of carbonyl (C=O) groups excluding carboxylic acids is 1. The quantitative estimate of drug-likeness (QED) is 0.358. The molecule has 0 radical (unpaired) electrons. The summed E-state index contributed by atoms with van der Waals surface area (Å²) in [7, 11) is 3.54. The number of guanidine groups is 1. The van der Waals surface area contributed by atoms with Crippen molar-refractivity contribution in [1.29, 1.82) is 0 Å². The van der Waals surface area contributed by atoms with E-state index in [4.69, 9.17) is 0 Å². The van der Waals surface area contributed by atoms with Crippen molar-refractivity contribution in [3.8, 4) is 0 Å². The van der Waals surface area contributed by atoms with Gasteiger partial charge in [-0.05, 0) is 30.9 Å². The summed E-state index contributed by atoms with van der Waals surface area (Å²) < 4.78 is 0. The van der Waals surface area contributed by atoms with Crippen molar-refractivity contribution in [3.63, 3.8) is 0 Å². The standard InChI is InChI=1S/C18H28N4OS/c1-19-17(23)14-15-8-11-22(12-9-15)18(20-2)21-10-13-24-16-6-4-3-5-7-16/h3-7,15H,8-14H2,1-2H3,(H,19,23)(H,20,21). The minimum Gasteiger partial charge on any atom is -0.359 e. The van der Waals surface area contributed by atoms with Crippen LogP contribution >= 0.6 is 11.8 Å². The molecule has 0 spiro atoms. The maximum absolute atomic E-state index is 11.5. The number of rotatable bonds is 6. The molecule has 0 bridgehead atoms. The Kier molecular flexibility index (Phi) is 7.95. The summed E-state index contributed by atoms with van der Waals surface area (Å²) in [4.78, 5) is 19.5. The molecule has 132 valence electrons. The average Bonchev–Trinajstić information content (AvgIpc) is 2.63. The Labute approximate surface area is 149 Å². The van der Waals surface area contributed by atoms with E-state index >= 15 is 0 Å². The van der Waals surface area contributed by atoms with Crippen LogP contribution < -0.4 is 10.6 Å². The van der Waals surface area contributed by atoms with Crippen LogP contribution in [0, 0.1) is 5.92 Å². The lowest BCUT2D eigenvalue weighted by Gasteiger charge is -2.34. The van der Waals surface area contributed by atoms with E-state index in [1.165, 1.54) is 4.90 Å². The van der Waals surface area contributed by atoms with Crippen LogP contribution in [0.5, 0.6) is 0 Å². The van der Waals surface area contributed by atoms with E-state index in [-0.39, 0.29) is 5.91 Å². The number of thioether (sulfide) groups is 1. The summed E-state index contributed by atoms with van der Waals surface area (Å²) in [6.07, 6.45) is 2.74. The number of amides is 1. The first-order chi connectivity index (χ1) is 11.7. The van der Waals surface area contributed by atoms with Crippen LogP contribution in [0.3, 0.4) is 0 Å². The van der Waals surface area contributed by atoms with Crippen molar-refractivity contribution in [3.05, 3.63) is 30.3 Å². The maximum atomic E-state index is 11.5. The van der Waals surface area contributed by atoms with Crippen LogP contribution in [0.1, 0.15) is 19.3 Å². The normalized spacial score (nSPS) is 16.1. The van der Waals surface area contributed by atoms with E-state index in [1.54, 1.807) is 7.05 Å². The van der Waals surface area contributed by atoms with Gasteiger partial charge >= 0.3 is 0 Å². The van der Waals surface area contributed by atoms with E-state index in [0.29, 0.717) is 12.3 Å². The molecule has 0 unspecified atom stereocenters. The Hall–Kier alpha value is -1.69. The number of likely N-dealkylation sites (tertiary alicyclic amines) is 1. The third-order valence-corrected chi connectivity index (χ3v) is 5.29. The fraction of sp³-hybridized carbons (Fsp3) is 0.556. The molecule has 1 aromatic rings. The van der Waals surface area contributed by atoms with Gasteiger partial charge in [-0.1, -0.05) is 18.2 Å². The molecule has 1 heterocycles.